The molecule has 4 nitrogen and oxygen atoms in total. The highest BCUT2D eigenvalue weighted by atomic mass is 16.2. The van der Waals surface area contributed by atoms with Gasteiger partial charge in [0.1, 0.15) is 0 Å². The van der Waals surface area contributed by atoms with Crippen LogP contribution >= 0.6 is 0 Å². The summed E-state index contributed by atoms with van der Waals surface area (Å²) < 4.78 is 0. The lowest BCUT2D eigenvalue weighted by atomic mass is 10.0. The highest BCUT2D eigenvalue weighted by molar-refractivity contribution is 5.81. The molecular formula is C11H21N3O. The van der Waals surface area contributed by atoms with E-state index >= 15 is 0 Å². The van der Waals surface area contributed by atoms with Crippen molar-refractivity contribution < 1.29 is 4.79 Å². The van der Waals surface area contributed by atoms with Gasteiger partial charge < -0.3 is 9.80 Å². The van der Waals surface area contributed by atoms with Crippen LogP contribution < -0.4 is 5.32 Å². The number of hydrogen-bond acceptors (Lipinski definition) is 3. The minimum atomic E-state index is 0.272. The van der Waals surface area contributed by atoms with E-state index in [9.17, 15) is 4.79 Å². The third-order valence-electron chi connectivity index (χ3n) is 3.49. The predicted molar refractivity (Wildman–Crippen MR) is 59.4 cm³/mol. The zero-order valence-corrected chi connectivity index (χ0v) is 9.70. The molecule has 2 atom stereocenters. The summed E-state index contributed by atoms with van der Waals surface area (Å²) in [4.78, 5) is 16.2. The molecule has 1 amide bonds. The minimum Gasteiger partial charge on any atom is -0.322 e. The van der Waals surface area contributed by atoms with Crippen LogP contribution in [0.1, 0.15) is 26.2 Å². The molecule has 0 saturated carbocycles. The van der Waals surface area contributed by atoms with Crippen molar-refractivity contribution >= 4 is 5.91 Å². The number of carbonyl (C=O) groups is 1. The van der Waals surface area contributed by atoms with Gasteiger partial charge in [-0.3, -0.25) is 10.1 Å². The van der Waals surface area contributed by atoms with Crippen molar-refractivity contribution in [2.24, 2.45) is 0 Å². The molecule has 2 heterocycles. The summed E-state index contributed by atoms with van der Waals surface area (Å²) in [5.74, 6) is 0.280. The summed E-state index contributed by atoms with van der Waals surface area (Å²) in [7, 11) is 2.14. The zero-order chi connectivity index (χ0) is 10.8. The van der Waals surface area contributed by atoms with E-state index < -0.39 is 0 Å². The first-order valence-corrected chi connectivity index (χ1v) is 5.95. The van der Waals surface area contributed by atoms with Crippen molar-refractivity contribution in [1.82, 2.24) is 15.1 Å². The molecule has 2 rings (SSSR count). The van der Waals surface area contributed by atoms with Gasteiger partial charge in [-0.1, -0.05) is 6.92 Å². The highest BCUT2D eigenvalue weighted by Gasteiger charge is 2.35. The smallest absolute Gasteiger partial charge is 0.238 e. The monoisotopic (exact) mass is 211 g/mol. The minimum absolute atomic E-state index is 0.272. The van der Waals surface area contributed by atoms with Gasteiger partial charge in [0.2, 0.25) is 5.91 Å². The van der Waals surface area contributed by atoms with Crippen LogP contribution in [0.4, 0.5) is 0 Å². The quantitative estimate of drug-likeness (QED) is 0.711. The second-order valence-corrected chi connectivity index (χ2v) is 4.66. The Morgan fingerprint density at radius 1 is 1.53 bits per heavy atom. The van der Waals surface area contributed by atoms with Crippen molar-refractivity contribution in [2.45, 2.75) is 38.4 Å². The molecule has 1 N–H and O–H groups in total. The molecule has 4 heteroatoms. The molecule has 0 bridgehead atoms. The van der Waals surface area contributed by atoms with Crippen LogP contribution in [-0.2, 0) is 4.79 Å². The number of hydrogen-bond donors (Lipinski definition) is 1. The first-order valence-electron chi connectivity index (χ1n) is 5.95. The molecule has 2 aliphatic heterocycles. The molecule has 2 fully saturated rings. The van der Waals surface area contributed by atoms with Gasteiger partial charge in [-0.25, -0.2) is 0 Å². The largest absolute Gasteiger partial charge is 0.322 e. The molecular weight excluding hydrogens is 190 g/mol. The van der Waals surface area contributed by atoms with E-state index in [-0.39, 0.29) is 12.1 Å². The van der Waals surface area contributed by atoms with E-state index in [4.69, 9.17) is 0 Å². The fourth-order valence-corrected chi connectivity index (χ4v) is 2.73. The van der Waals surface area contributed by atoms with Crippen molar-refractivity contribution in [2.75, 3.05) is 26.7 Å². The summed E-state index contributed by atoms with van der Waals surface area (Å²) in [6, 6.07) is 0.427. The Kier molecular flexibility index (Phi) is 3.26. The fourth-order valence-electron chi connectivity index (χ4n) is 2.73. The fraction of sp³-hybridized carbons (Fsp3) is 0.909. The lowest BCUT2D eigenvalue weighted by Gasteiger charge is -2.38. The summed E-state index contributed by atoms with van der Waals surface area (Å²) in [5.41, 5.74) is 0. The summed E-state index contributed by atoms with van der Waals surface area (Å²) in [6.45, 7) is 4.86. The van der Waals surface area contributed by atoms with E-state index in [0.717, 1.165) is 19.4 Å². The average Bonchev–Trinajstić information content (AvgIpc) is 2.59. The second-order valence-electron chi connectivity index (χ2n) is 4.66. The van der Waals surface area contributed by atoms with E-state index in [1.807, 2.05) is 0 Å². The molecule has 86 valence electrons. The summed E-state index contributed by atoms with van der Waals surface area (Å²) in [6.07, 6.45) is 3.65. The Balaban J connectivity index is 2.03. The number of likely N-dealkylation sites (tertiary alicyclic amines) is 1. The third-order valence-corrected chi connectivity index (χ3v) is 3.49. The molecule has 0 aromatic rings. The Morgan fingerprint density at radius 2 is 2.33 bits per heavy atom. The van der Waals surface area contributed by atoms with Crippen LogP contribution in [0.5, 0.6) is 0 Å². The molecule has 2 aliphatic rings. The van der Waals surface area contributed by atoms with E-state index in [1.54, 1.807) is 0 Å². The Morgan fingerprint density at radius 3 is 3.00 bits per heavy atom. The predicted octanol–water partition coefficient (Wildman–Crippen LogP) is 0.249. The van der Waals surface area contributed by atoms with Crippen LogP contribution in [0, 0.1) is 0 Å². The van der Waals surface area contributed by atoms with Gasteiger partial charge in [0.25, 0.3) is 0 Å². The van der Waals surface area contributed by atoms with Crippen molar-refractivity contribution in [3.05, 3.63) is 0 Å². The van der Waals surface area contributed by atoms with E-state index in [1.165, 1.54) is 13.0 Å². The number of likely N-dealkylation sites (N-methyl/N-ethyl adjacent to an activating group) is 1. The standard InChI is InChI=1S/C11H21N3O/c1-3-10-12-7-11(15)14(10)9-5-4-6-13(2)8-9/h9-10,12H,3-8H2,1-2H3. The van der Waals surface area contributed by atoms with Gasteiger partial charge in [0.05, 0.1) is 12.7 Å². The zero-order valence-electron chi connectivity index (χ0n) is 9.70. The molecule has 0 aromatic heterocycles. The molecule has 15 heavy (non-hydrogen) atoms. The number of piperidine rings is 1. The molecule has 2 saturated heterocycles. The Labute approximate surface area is 91.6 Å². The SMILES string of the molecule is CCC1NCC(=O)N1C1CCCN(C)C1. The molecule has 0 radical (unpaired) electrons. The van der Waals surface area contributed by atoms with Crippen molar-refractivity contribution in [3.8, 4) is 0 Å². The Hall–Kier alpha value is -0.610. The molecule has 2 unspecified atom stereocenters. The van der Waals surface area contributed by atoms with Gasteiger partial charge in [0.15, 0.2) is 0 Å². The summed E-state index contributed by atoms with van der Waals surface area (Å²) >= 11 is 0. The van der Waals surface area contributed by atoms with Crippen LogP contribution in [0.15, 0.2) is 0 Å². The number of nitrogens with zero attached hydrogens (tertiary/aromatic N) is 2. The van der Waals surface area contributed by atoms with E-state index in [0.29, 0.717) is 12.6 Å². The van der Waals surface area contributed by atoms with Gasteiger partial charge in [-0.05, 0) is 32.9 Å². The maximum atomic E-state index is 11.8. The van der Waals surface area contributed by atoms with Crippen LogP contribution in [0.2, 0.25) is 0 Å². The highest BCUT2D eigenvalue weighted by Crippen LogP contribution is 2.20. The molecule has 0 spiro atoms. The van der Waals surface area contributed by atoms with Gasteiger partial charge in [-0.15, -0.1) is 0 Å². The normalized spacial score (nSPS) is 33.7. The van der Waals surface area contributed by atoms with Gasteiger partial charge >= 0.3 is 0 Å². The third kappa shape index (κ3) is 2.16. The number of carbonyl (C=O) groups excluding carboxylic acids is 1. The van der Waals surface area contributed by atoms with Gasteiger partial charge in [0, 0.05) is 12.6 Å². The second kappa shape index (κ2) is 4.49. The van der Waals surface area contributed by atoms with Gasteiger partial charge in [-0.2, -0.15) is 0 Å². The Bertz CT molecular complexity index is 244. The lowest BCUT2D eigenvalue weighted by Crippen LogP contribution is -2.51. The number of amides is 1. The number of rotatable bonds is 2. The lowest BCUT2D eigenvalue weighted by molar-refractivity contribution is -0.131. The first kappa shape index (κ1) is 10.9. The van der Waals surface area contributed by atoms with Crippen LogP contribution in [0.3, 0.4) is 0 Å². The van der Waals surface area contributed by atoms with Crippen LogP contribution in [-0.4, -0.2) is 54.6 Å². The van der Waals surface area contributed by atoms with Crippen molar-refractivity contribution in [1.29, 1.82) is 0 Å². The average molecular weight is 211 g/mol. The molecule has 0 aliphatic carbocycles. The summed E-state index contributed by atoms with van der Waals surface area (Å²) in [5, 5.41) is 3.28. The van der Waals surface area contributed by atoms with E-state index in [2.05, 4.69) is 29.1 Å². The maximum absolute atomic E-state index is 11.8. The maximum Gasteiger partial charge on any atom is 0.238 e. The van der Waals surface area contributed by atoms with Crippen molar-refractivity contribution in [3.63, 3.8) is 0 Å². The molecule has 0 aromatic carbocycles. The first-order chi connectivity index (χ1) is 7.22. The number of nitrogens with one attached hydrogen (secondary N) is 1. The van der Waals surface area contributed by atoms with Crippen LogP contribution in [0.25, 0.3) is 0 Å². The topological polar surface area (TPSA) is 35.6 Å².